The van der Waals surface area contributed by atoms with Crippen molar-refractivity contribution >= 4 is 17.7 Å². The van der Waals surface area contributed by atoms with Gasteiger partial charge in [-0.05, 0) is 18.6 Å². The smallest absolute Gasteiger partial charge is 0.328 e. The van der Waals surface area contributed by atoms with Crippen LogP contribution in [-0.2, 0) is 20.7 Å². The number of ether oxygens (including phenoxy) is 1. The summed E-state index contributed by atoms with van der Waals surface area (Å²) in [7, 11) is 0. The third-order valence-electron chi connectivity index (χ3n) is 2.27. The van der Waals surface area contributed by atoms with Gasteiger partial charge in [0.1, 0.15) is 0 Å². The maximum absolute atomic E-state index is 11.5. The summed E-state index contributed by atoms with van der Waals surface area (Å²) in [6.07, 6.45) is 1.92. The lowest BCUT2D eigenvalue weighted by Gasteiger charge is -2.02. The zero-order valence-corrected chi connectivity index (χ0v) is 10.5. The molecule has 0 unspecified atom stereocenters. The number of hydrogen-bond donors (Lipinski definition) is 1. The number of carboxylic acid groups (broad SMARTS) is 1. The van der Waals surface area contributed by atoms with Crippen molar-refractivity contribution in [3.63, 3.8) is 0 Å². The Hall–Kier alpha value is -2.43. The number of allylic oxidation sites excluding steroid dienone is 1. The summed E-state index contributed by atoms with van der Waals surface area (Å²) >= 11 is 0. The van der Waals surface area contributed by atoms with Crippen molar-refractivity contribution in [2.45, 2.75) is 13.3 Å². The molecule has 5 nitrogen and oxygen atoms in total. The molecule has 0 heterocycles. The van der Waals surface area contributed by atoms with Crippen LogP contribution in [0.1, 0.15) is 22.8 Å². The van der Waals surface area contributed by atoms with Crippen LogP contribution >= 0.6 is 0 Å². The maximum atomic E-state index is 11.5. The first kappa shape index (κ1) is 14.6. The highest BCUT2D eigenvalue weighted by atomic mass is 16.5. The third-order valence-corrected chi connectivity index (χ3v) is 2.27. The SMILES string of the molecule is CCOC(=O)Cc1ccc(C(=O)C=CC(=O)O)cc1. The van der Waals surface area contributed by atoms with E-state index in [4.69, 9.17) is 9.84 Å². The minimum atomic E-state index is -1.17. The van der Waals surface area contributed by atoms with Crippen molar-refractivity contribution < 1.29 is 24.2 Å². The molecule has 0 aliphatic rings. The quantitative estimate of drug-likeness (QED) is 0.478. The van der Waals surface area contributed by atoms with Gasteiger partial charge < -0.3 is 9.84 Å². The van der Waals surface area contributed by atoms with Crippen LogP contribution in [0.5, 0.6) is 0 Å². The predicted octanol–water partition coefficient (Wildman–Crippen LogP) is 1.62. The number of carbonyl (C=O) groups excluding carboxylic acids is 2. The highest BCUT2D eigenvalue weighted by Gasteiger charge is 2.06. The zero-order valence-electron chi connectivity index (χ0n) is 10.5. The summed E-state index contributed by atoms with van der Waals surface area (Å²) in [6.45, 7) is 2.06. The Bertz CT molecular complexity index is 499. The van der Waals surface area contributed by atoms with Gasteiger partial charge in [-0.3, -0.25) is 9.59 Å². The van der Waals surface area contributed by atoms with Gasteiger partial charge in [0.15, 0.2) is 5.78 Å². The molecule has 1 rings (SSSR count). The van der Waals surface area contributed by atoms with Gasteiger partial charge in [0.05, 0.1) is 13.0 Å². The number of carbonyl (C=O) groups is 3. The Kier molecular flexibility index (Phi) is 5.47. The first-order chi connectivity index (χ1) is 9.02. The third kappa shape index (κ3) is 5.16. The van der Waals surface area contributed by atoms with Crippen LogP contribution in [0.25, 0.3) is 0 Å². The second-order valence-electron chi connectivity index (χ2n) is 3.71. The molecule has 0 saturated carbocycles. The van der Waals surface area contributed by atoms with E-state index in [0.717, 1.165) is 17.7 Å². The van der Waals surface area contributed by atoms with Crippen molar-refractivity contribution in [2.75, 3.05) is 6.61 Å². The summed E-state index contributed by atoms with van der Waals surface area (Å²) < 4.78 is 4.81. The van der Waals surface area contributed by atoms with Crippen molar-refractivity contribution in [1.82, 2.24) is 0 Å². The minimum absolute atomic E-state index is 0.146. The molecule has 0 aliphatic heterocycles. The lowest BCUT2D eigenvalue weighted by atomic mass is 10.1. The molecular weight excluding hydrogens is 248 g/mol. The van der Waals surface area contributed by atoms with Gasteiger partial charge in [-0.2, -0.15) is 0 Å². The molecule has 19 heavy (non-hydrogen) atoms. The van der Waals surface area contributed by atoms with Crippen LogP contribution in [0.15, 0.2) is 36.4 Å². The van der Waals surface area contributed by atoms with Crippen molar-refractivity contribution in [3.8, 4) is 0 Å². The fourth-order valence-corrected chi connectivity index (χ4v) is 1.41. The average molecular weight is 262 g/mol. The summed E-state index contributed by atoms with van der Waals surface area (Å²) in [4.78, 5) is 33.1. The van der Waals surface area contributed by atoms with Crippen molar-refractivity contribution in [2.24, 2.45) is 0 Å². The summed E-state index contributed by atoms with van der Waals surface area (Å²) in [5, 5.41) is 8.41. The monoisotopic (exact) mass is 262 g/mol. The van der Waals surface area contributed by atoms with Gasteiger partial charge in [-0.15, -0.1) is 0 Å². The Balaban J connectivity index is 2.68. The molecule has 0 spiro atoms. The first-order valence-electron chi connectivity index (χ1n) is 5.73. The van der Waals surface area contributed by atoms with E-state index >= 15 is 0 Å². The topological polar surface area (TPSA) is 80.7 Å². The average Bonchev–Trinajstić information content (AvgIpc) is 2.37. The highest BCUT2D eigenvalue weighted by molar-refractivity contribution is 6.06. The molecule has 100 valence electrons. The Morgan fingerprint density at radius 1 is 1.16 bits per heavy atom. The van der Waals surface area contributed by atoms with E-state index < -0.39 is 11.8 Å². The largest absolute Gasteiger partial charge is 0.478 e. The number of benzene rings is 1. The fraction of sp³-hybridized carbons (Fsp3) is 0.214. The number of rotatable bonds is 6. The zero-order chi connectivity index (χ0) is 14.3. The lowest BCUT2D eigenvalue weighted by molar-refractivity contribution is -0.142. The van der Waals surface area contributed by atoms with Gasteiger partial charge in [-0.1, -0.05) is 24.3 Å². The highest BCUT2D eigenvalue weighted by Crippen LogP contribution is 2.07. The van der Waals surface area contributed by atoms with E-state index in [1.165, 1.54) is 0 Å². The summed E-state index contributed by atoms with van der Waals surface area (Å²) in [6, 6.07) is 6.36. The lowest BCUT2D eigenvalue weighted by Crippen LogP contribution is -2.07. The molecular formula is C14H14O5. The summed E-state index contributed by atoms with van der Waals surface area (Å²) in [5.74, 6) is -1.90. The van der Waals surface area contributed by atoms with E-state index in [-0.39, 0.29) is 12.4 Å². The Labute approximate surface area is 110 Å². The molecule has 0 aliphatic carbocycles. The molecule has 1 N–H and O–H groups in total. The first-order valence-corrected chi connectivity index (χ1v) is 5.73. The van der Waals surface area contributed by atoms with Gasteiger partial charge >= 0.3 is 11.9 Å². The summed E-state index contributed by atoms with van der Waals surface area (Å²) in [5.41, 5.74) is 1.10. The van der Waals surface area contributed by atoms with Gasteiger partial charge in [0, 0.05) is 11.6 Å². The van der Waals surface area contributed by atoms with Gasteiger partial charge in [0.25, 0.3) is 0 Å². The van der Waals surface area contributed by atoms with E-state index in [0.29, 0.717) is 12.2 Å². The molecule has 1 aromatic carbocycles. The predicted molar refractivity (Wildman–Crippen MR) is 67.9 cm³/mol. The molecule has 0 saturated heterocycles. The van der Waals surface area contributed by atoms with E-state index in [1.54, 1.807) is 31.2 Å². The van der Waals surface area contributed by atoms with Crippen LogP contribution in [0.3, 0.4) is 0 Å². The van der Waals surface area contributed by atoms with E-state index in [1.807, 2.05) is 0 Å². The number of aliphatic carboxylic acids is 1. The number of esters is 1. The molecule has 0 bridgehead atoms. The normalized spacial score (nSPS) is 10.4. The number of ketones is 1. The van der Waals surface area contributed by atoms with Crippen LogP contribution in [-0.4, -0.2) is 29.4 Å². The fourth-order valence-electron chi connectivity index (χ4n) is 1.41. The van der Waals surface area contributed by atoms with E-state index in [9.17, 15) is 14.4 Å². The van der Waals surface area contributed by atoms with Gasteiger partial charge in [-0.25, -0.2) is 4.79 Å². The van der Waals surface area contributed by atoms with Crippen molar-refractivity contribution in [3.05, 3.63) is 47.5 Å². The molecule has 0 radical (unpaired) electrons. The van der Waals surface area contributed by atoms with Crippen molar-refractivity contribution in [1.29, 1.82) is 0 Å². The van der Waals surface area contributed by atoms with Crippen LogP contribution < -0.4 is 0 Å². The second kappa shape index (κ2) is 7.10. The molecule has 0 amide bonds. The molecule has 0 aromatic heterocycles. The van der Waals surface area contributed by atoms with Gasteiger partial charge in [0.2, 0.25) is 0 Å². The maximum Gasteiger partial charge on any atom is 0.328 e. The number of hydrogen-bond acceptors (Lipinski definition) is 4. The molecule has 5 heteroatoms. The van der Waals surface area contributed by atoms with E-state index in [2.05, 4.69) is 0 Å². The standard InChI is InChI=1S/C14H14O5/c1-2-19-14(18)9-10-3-5-11(6-4-10)12(15)7-8-13(16)17/h3-8H,2,9H2,1H3,(H,16,17). The van der Waals surface area contributed by atoms with Crippen LogP contribution in [0.4, 0.5) is 0 Å². The Morgan fingerprint density at radius 3 is 2.32 bits per heavy atom. The Morgan fingerprint density at radius 2 is 1.79 bits per heavy atom. The minimum Gasteiger partial charge on any atom is -0.478 e. The van der Waals surface area contributed by atoms with Crippen LogP contribution in [0.2, 0.25) is 0 Å². The molecule has 1 aromatic rings. The second-order valence-corrected chi connectivity index (χ2v) is 3.71. The number of carboxylic acids is 1. The van der Waals surface area contributed by atoms with Crippen LogP contribution in [0, 0.1) is 0 Å². The molecule has 0 atom stereocenters. The molecule has 0 fully saturated rings.